The van der Waals surface area contributed by atoms with E-state index >= 15 is 0 Å². The summed E-state index contributed by atoms with van der Waals surface area (Å²) in [5.74, 6) is 0. The number of halogens is 3. The van der Waals surface area contributed by atoms with E-state index in [1.807, 2.05) is 0 Å². The van der Waals surface area contributed by atoms with Crippen LogP contribution < -0.4 is 0 Å². The number of rotatable bonds is 0. The minimum absolute atomic E-state index is 0. The summed E-state index contributed by atoms with van der Waals surface area (Å²) in [5.41, 5.74) is 0. The number of hydrogen-bond acceptors (Lipinski definition) is 0. The zero-order chi connectivity index (χ0) is 0. The fourth-order valence-corrected chi connectivity index (χ4v) is 0. The van der Waals surface area contributed by atoms with Gasteiger partial charge in [0.25, 0.3) is 0 Å². The Balaban J connectivity index is 0. The van der Waals surface area contributed by atoms with Crippen molar-refractivity contribution in [1.29, 1.82) is 0 Å². The fourth-order valence-electron chi connectivity index (χ4n) is 0. The SMILES string of the molecule is F.F.F.O.[Cr]. The van der Waals surface area contributed by atoms with Gasteiger partial charge in [0, 0.05) is 17.4 Å². The molecule has 0 bridgehead atoms. The smallest absolute Gasteiger partial charge is 0 e. The molecule has 0 spiro atoms. The van der Waals surface area contributed by atoms with Crippen molar-refractivity contribution in [3.63, 3.8) is 0 Å². The monoisotopic (exact) mass is 130 g/mol. The predicted molar refractivity (Wildman–Crippen MR) is 11.1 cm³/mol. The molecule has 38 valence electrons. The Morgan fingerprint density at radius 3 is 0.600 bits per heavy atom. The van der Waals surface area contributed by atoms with Crippen molar-refractivity contribution in [1.82, 2.24) is 0 Å². The molecule has 0 aromatic carbocycles. The van der Waals surface area contributed by atoms with E-state index in [2.05, 4.69) is 0 Å². The average molecular weight is 130 g/mol. The van der Waals surface area contributed by atoms with E-state index in [1.54, 1.807) is 0 Å². The van der Waals surface area contributed by atoms with Crippen molar-refractivity contribution in [3.8, 4) is 0 Å². The third kappa shape index (κ3) is 280. The molecule has 5 heteroatoms. The average Bonchev–Trinajstić information content (AvgIpc) is 0. The quantitative estimate of drug-likeness (QED) is 0.428. The van der Waals surface area contributed by atoms with Gasteiger partial charge >= 0.3 is 0 Å². The van der Waals surface area contributed by atoms with E-state index in [4.69, 9.17) is 0 Å². The largest absolute Gasteiger partial charge is 0.412 e. The topological polar surface area (TPSA) is 31.5 Å². The van der Waals surface area contributed by atoms with Crippen molar-refractivity contribution in [2.24, 2.45) is 0 Å². The van der Waals surface area contributed by atoms with Gasteiger partial charge in [-0.3, -0.25) is 14.1 Å². The zero-order valence-electron chi connectivity index (χ0n) is 2.13. The van der Waals surface area contributed by atoms with E-state index in [9.17, 15) is 0 Å². The molecule has 0 aromatic heterocycles. The molecular formula is H5CrF3O. The maximum absolute atomic E-state index is 0. The molecule has 0 amide bonds. The molecule has 0 aliphatic rings. The van der Waals surface area contributed by atoms with Crippen LogP contribution in [0.5, 0.6) is 0 Å². The van der Waals surface area contributed by atoms with E-state index in [0.717, 1.165) is 0 Å². The molecule has 0 saturated heterocycles. The van der Waals surface area contributed by atoms with Crippen LogP contribution in [-0.2, 0) is 17.4 Å². The molecule has 5 heavy (non-hydrogen) atoms. The van der Waals surface area contributed by atoms with Crippen LogP contribution in [0.4, 0.5) is 14.1 Å². The van der Waals surface area contributed by atoms with Gasteiger partial charge in [0.2, 0.25) is 0 Å². The first kappa shape index (κ1) is 1210. The minimum atomic E-state index is 0. The maximum Gasteiger partial charge on any atom is 0 e. The molecule has 0 fully saturated rings. The van der Waals surface area contributed by atoms with Crippen LogP contribution in [0.2, 0.25) is 0 Å². The van der Waals surface area contributed by atoms with Crippen molar-refractivity contribution in [2.45, 2.75) is 0 Å². The van der Waals surface area contributed by atoms with Gasteiger partial charge < -0.3 is 5.48 Å². The minimum Gasteiger partial charge on any atom is -0.412 e. The van der Waals surface area contributed by atoms with E-state index < -0.39 is 0 Å². The summed E-state index contributed by atoms with van der Waals surface area (Å²) in [6.45, 7) is 0. The Bertz CT molecular complexity index is 6.85. The fraction of sp³-hybridized carbons (Fsp3) is 0. The van der Waals surface area contributed by atoms with Crippen LogP contribution in [0.3, 0.4) is 0 Å². The van der Waals surface area contributed by atoms with Crippen LogP contribution >= 0.6 is 0 Å². The molecule has 2 N–H and O–H groups in total. The Labute approximate surface area is 37.9 Å². The van der Waals surface area contributed by atoms with Crippen LogP contribution in [0.15, 0.2) is 0 Å². The van der Waals surface area contributed by atoms with Gasteiger partial charge in [-0.15, -0.1) is 0 Å². The van der Waals surface area contributed by atoms with Crippen LogP contribution in [0.1, 0.15) is 0 Å². The molecule has 0 aliphatic carbocycles. The van der Waals surface area contributed by atoms with Crippen LogP contribution in [0, 0.1) is 0 Å². The Morgan fingerprint density at radius 2 is 0.600 bits per heavy atom. The van der Waals surface area contributed by atoms with Gasteiger partial charge in [-0.25, -0.2) is 0 Å². The normalized spacial score (nSPS) is 0. The molecule has 0 aromatic rings. The zero-order valence-corrected chi connectivity index (χ0v) is 3.41. The Kier molecular flexibility index (Phi) is 140000. The van der Waals surface area contributed by atoms with E-state index in [-0.39, 0.29) is 37.0 Å². The molecule has 0 rings (SSSR count). The van der Waals surface area contributed by atoms with E-state index in [0.29, 0.717) is 0 Å². The first-order valence-electron chi connectivity index (χ1n) is 0. The second-order valence-corrected chi connectivity index (χ2v) is 0. The third-order valence-electron chi connectivity index (χ3n) is 0. The van der Waals surface area contributed by atoms with Gasteiger partial charge in [-0.1, -0.05) is 0 Å². The van der Waals surface area contributed by atoms with Crippen LogP contribution in [0.25, 0.3) is 0 Å². The third-order valence-corrected chi connectivity index (χ3v) is 0. The molecule has 0 unspecified atom stereocenters. The van der Waals surface area contributed by atoms with Crippen molar-refractivity contribution in [2.75, 3.05) is 0 Å². The summed E-state index contributed by atoms with van der Waals surface area (Å²) >= 11 is 0. The summed E-state index contributed by atoms with van der Waals surface area (Å²) in [7, 11) is 0. The summed E-state index contributed by atoms with van der Waals surface area (Å²) < 4.78 is 0. The first-order chi connectivity index (χ1) is 0. The van der Waals surface area contributed by atoms with Gasteiger partial charge in [0.1, 0.15) is 0 Å². The molecule has 0 atom stereocenters. The molecule has 0 radical (unpaired) electrons. The molecule has 0 saturated carbocycles. The summed E-state index contributed by atoms with van der Waals surface area (Å²) in [6, 6.07) is 0. The van der Waals surface area contributed by atoms with Gasteiger partial charge in [0.15, 0.2) is 0 Å². The van der Waals surface area contributed by atoms with Gasteiger partial charge in [-0.05, 0) is 0 Å². The predicted octanol–water partition coefficient (Wildman–Crippen LogP) is -0.370. The Morgan fingerprint density at radius 1 is 0.600 bits per heavy atom. The first-order valence-corrected chi connectivity index (χ1v) is 0. The molecule has 0 aliphatic heterocycles. The second-order valence-electron chi connectivity index (χ2n) is 0. The van der Waals surface area contributed by atoms with Gasteiger partial charge in [0.05, 0.1) is 0 Å². The molecular weight excluding hydrogens is 125 g/mol. The van der Waals surface area contributed by atoms with Gasteiger partial charge in [-0.2, -0.15) is 0 Å². The maximum atomic E-state index is 0. The van der Waals surface area contributed by atoms with Crippen molar-refractivity contribution in [3.05, 3.63) is 0 Å². The molecule has 0 heterocycles. The summed E-state index contributed by atoms with van der Waals surface area (Å²) in [6.07, 6.45) is 0. The Hall–Kier alpha value is 0.282. The van der Waals surface area contributed by atoms with E-state index in [1.165, 1.54) is 0 Å². The van der Waals surface area contributed by atoms with Crippen molar-refractivity contribution >= 4 is 0 Å². The standard InChI is InChI=1S/Cr.3FH.H2O/h;3*1H;1H2. The van der Waals surface area contributed by atoms with Crippen LogP contribution in [-0.4, -0.2) is 5.48 Å². The second kappa shape index (κ2) is 578. The summed E-state index contributed by atoms with van der Waals surface area (Å²) in [5, 5.41) is 0. The summed E-state index contributed by atoms with van der Waals surface area (Å²) in [4.78, 5) is 0. The van der Waals surface area contributed by atoms with Crippen molar-refractivity contribution < 1.29 is 37.0 Å². The number of hydrogen-bond donors (Lipinski definition) is 0. The molecule has 1 nitrogen and oxygen atoms in total.